The highest BCUT2D eigenvalue weighted by Gasteiger charge is 2.13. The van der Waals surface area contributed by atoms with E-state index in [9.17, 15) is 4.39 Å². The van der Waals surface area contributed by atoms with Gasteiger partial charge in [0.15, 0.2) is 0 Å². The lowest BCUT2D eigenvalue weighted by molar-refractivity contribution is 0.356. The summed E-state index contributed by atoms with van der Waals surface area (Å²) in [6.07, 6.45) is 1.02. The van der Waals surface area contributed by atoms with Crippen molar-refractivity contribution in [2.45, 2.75) is 26.3 Å². The van der Waals surface area contributed by atoms with Crippen LogP contribution in [0.15, 0.2) is 18.2 Å². The minimum absolute atomic E-state index is 0.0843. The van der Waals surface area contributed by atoms with Gasteiger partial charge < -0.3 is 16.0 Å². The Morgan fingerprint density at radius 2 is 2.05 bits per heavy atom. The standard InChI is InChI=1S/C15H24FN3S/c1-10(2)7-12(9-19(3)4)18-11-5-6-13(15(17)20)14(16)8-11/h5-6,8,10,12,18H,7,9H2,1-4H3,(H2,17,20). The smallest absolute Gasteiger partial charge is 0.135 e. The SMILES string of the molecule is CC(C)CC(CN(C)C)Nc1ccc(C(N)=S)c(F)c1. The maximum absolute atomic E-state index is 13.9. The Kier molecular flexibility index (Phi) is 6.36. The van der Waals surface area contributed by atoms with Crippen LogP contribution >= 0.6 is 12.2 Å². The molecule has 0 heterocycles. The molecule has 0 saturated carbocycles. The van der Waals surface area contributed by atoms with Crippen molar-refractivity contribution in [1.82, 2.24) is 4.90 Å². The van der Waals surface area contributed by atoms with E-state index in [0.29, 0.717) is 11.5 Å². The van der Waals surface area contributed by atoms with Crippen molar-refractivity contribution in [1.29, 1.82) is 0 Å². The molecule has 0 aliphatic carbocycles. The molecule has 0 amide bonds. The van der Waals surface area contributed by atoms with Crippen molar-refractivity contribution >= 4 is 22.9 Å². The maximum Gasteiger partial charge on any atom is 0.135 e. The summed E-state index contributed by atoms with van der Waals surface area (Å²) in [5.74, 6) is 0.198. The minimum atomic E-state index is -0.379. The predicted molar refractivity (Wildman–Crippen MR) is 87.7 cm³/mol. The molecule has 0 aromatic heterocycles. The molecular weight excluding hydrogens is 273 g/mol. The van der Waals surface area contributed by atoms with E-state index in [1.165, 1.54) is 6.07 Å². The minimum Gasteiger partial charge on any atom is -0.389 e. The summed E-state index contributed by atoms with van der Waals surface area (Å²) in [6, 6.07) is 5.18. The monoisotopic (exact) mass is 297 g/mol. The summed E-state index contributed by atoms with van der Waals surface area (Å²) in [4.78, 5) is 2.21. The van der Waals surface area contributed by atoms with E-state index in [1.54, 1.807) is 6.07 Å². The molecule has 1 unspecified atom stereocenters. The zero-order valence-electron chi connectivity index (χ0n) is 12.6. The van der Waals surface area contributed by atoms with Gasteiger partial charge in [0.25, 0.3) is 0 Å². The van der Waals surface area contributed by atoms with Crippen LogP contribution in [-0.2, 0) is 0 Å². The third-order valence-corrected chi connectivity index (χ3v) is 3.17. The summed E-state index contributed by atoms with van der Waals surface area (Å²) in [5.41, 5.74) is 6.51. The molecule has 0 radical (unpaired) electrons. The number of benzene rings is 1. The molecule has 0 aliphatic rings. The number of nitrogens with two attached hydrogens (primary N) is 1. The average Bonchev–Trinajstić information content (AvgIpc) is 2.26. The second-order valence-electron chi connectivity index (χ2n) is 5.79. The van der Waals surface area contributed by atoms with Gasteiger partial charge in [0, 0.05) is 23.8 Å². The Hall–Kier alpha value is -1.20. The number of nitrogens with one attached hydrogen (secondary N) is 1. The first-order chi connectivity index (χ1) is 9.29. The third kappa shape index (κ3) is 5.43. The summed E-state index contributed by atoms with van der Waals surface area (Å²) >= 11 is 4.81. The van der Waals surface area contributed by atoms with Gasteiger partial charge in [-0.25, -0.2) is 4.39 Å². The van der Waals surface area contributed by atoms with Gasteiger partial charge in [-0.2, -0.15) is 0 Å². The second-order valence-corrected chi connectivity index (χ2v) is 6.23. The molecule has 5 heteroatoms. The molecule has 3 N–H and O–H groups in total. The van der Waals surface area contributed by atoms with Crippen molar-refractivity contribution in [2.75, 3.05) is 26.0 Å². The van der Waals surface area contributed by atoms with Gasteiger partial charge in [-0.05, 0) is 44.6 Å². The van der Waals surface area contributed by atoms with Crippen LogP contribution in [0.25, 0.3) is 0 Å². The second kappa shape index (κ2) is 7.55. The van der Waals surface area contributed by atoms with E-state index in [2.05, 4.69) is 24.1 Å². The predicted octanol–water partition coefficient (Wildman–Crippen LogP) is 2.85. The van der Waals surface area contributed by atoms with Crippen LogP contribution in [0.5, 0.6) is 0 Å². The fourth-order valence-corrected chi connectivity index (χ4v) is 2.39. The highest BCUT2D eigenvalue weighted by Crippen LogP contribution is 2.18. The molecule has 1 rings (SSSR count). The van der Waals surface area contributed by atoms with Crippen molar-refractivity contribution < 1.29 is 4.39 Å². The van der Waals surface area contributed by atoms with Crippen molar-refractivity contribution in [3.63, 3.8) is 0 Å². The van der Waals surface area contributed by atoms with E-state index in [1.807, 2.05) is 20.2 Å². The molecule has 112 valence electrons. The summed E-state index contributed by atoms with van der Waals surface area (Å²) < 4.78 is 13.9. The van der Waals surface area contributed by atoms with Gasteiger partial charge in [0.1, 0.15) is 10.8 Å². The van der Waals surface area contributed by atoms with Gasteiger partial charge in [-0.3, -0.25) is 0 Å². The number of thiocarbonyl (C=S) groups is 1. The van der Waals surface area contributed by atoms with Gasteiger partial charge in [-0.1, -0.05) is 26.1 Å². The molecule has 1 aromatic carbocycles. The normalized spacial score (nSPS) is 12.8. The van der Waals surface area contributed by atoms with Crippen LogP contribution in [0, 0.1) is 11.7 Å². The first kappa shape index (κ1) is 16.9. The van der Waals surface area contributed by atoms with Crippen LogP contribution in [0.2, 0.25) is 0 Å². The van der Waals surface area contributed by atoms with Gasteiger partial charge in [-0.15, -0.1) is 0 Å². The zero-order chi connectivity index (χ0) is 15.3. The highest BCUT2D eigenvalue weighted by atomic mass is 32.1. The van der Waals surface area contributed by atoms with Crippen LogP contribution in [-0.4, -0.2) is 36.6 Å². The van der Waals surface area contributed by atoms with Crippen LogP contribution in [0.4, 0.5) is 10.1 Å². The third-order valence-electron chi connectivity index (χ3n) is 2.95. The summed E-state index contributed by atoms with van der Waals surface area (Å²) in [6.45, 7) is 5.26. The van der Waals surface area contributed by atoms with Crippen molar-refractivity contribution in [3.05, 3.63) is 29.6 Å². The van der Waals surface area contributed by atoms with E-state index in [-0.39, 0.29) is 16.8 Å². The Balaban J connectivity index is 2.82. The molecule has 20 heavy (non-hydrogen) atoms. The Bertz CT molecular complexity index is 450. The molecule has 1 atom stereocenters. The number of rotatable bonds is 7. The lowest BCUT2D eigenvalue weighted by Gasteiger charge is -2.25. The quantitative estimate of drug-likeness (QED) is 0.759. The molecular formula is C15H24FN3S. The van der Waals surface area contributed by atoms with Crippen LogP contribution in [0.1, 0.15) is 25.8 Å². The molecule has 1 aromatic rings. The maximum atomic E-state index is 13.9. The molecule has 0 saturated heterocycles. The number of anilines is 1. The molecule has 0 fully saturated rings. The molecule has 3 nitrogen and oxygen atoms in total. The van der Waals surface area contributed by atoms with E-state index in [0.717, 1.165) is 18.7 Å². The highest BCUT2D eigenvalue weighted by molar-refractivity contribution is 7.80. The van der Waals surface area contributed by atoms with E-state index >= 15 is 0 Å². The van der Waals surface area contributed by atoms with Crippen LogP contribution < -0.4 is 11.1 Å². The Morgan fingerprint density at radius 1 is 1.40 bits per heavy atom. The topological polar surface area (TPSA) is 41.3 Å². The zero-order valence-corrected chi connectivity index (χ0v) is 13.4. The Labute approximate surface area is 126 Å². The lowest BCUT2D eigenvalue weighted by Crippen LogP contribution is -2.33. The Morgan fingerprint density at radius 3 is 2.50 bits per heavy atom. The summed E-state index contributed by atoms with van der Waals surface area (Å²) in [7, 11) is 4.07. The van der Waals surface area contributed by atoms with Crippen LogP contribution in [0.3, 0.4) is 0 Å². The van der Waals surface area contributed by atoms with E-state index < -0.39 is 0 Å². The fraction of sp³-hybridized carbons (Fsp3) is 0.533. The van der Waals surface area contributed by atoms with Crippen molar-refractivity contribution in [3.8, 4) is 0 Å². The largest absolute Gasteiger partial charge is 0.389 e. The van der Waals surface area contributed by atoms with Crippen molar-refractivity contribution in [2.24, 2.45) is 11.7 Å². The van der Waals surface area contributed by atoms with Gasteiger partial charge in [0.05, 0.1) is 0 Å². The summed E-state index contributed by atoms with van der Waals surface area (Å²) in [5, 5.41) is 3.38. The number of likely N-dealkylation sites (N-methyl/N-ethyl adjacent to an activating group) is 1. The fourth-order valence-electron chi connectivity index (χ4n) is 2.23. The molecule has 0 aliphatic heterocycles. The van der Waals surface area contributed by atoms with Gasteiger partial charge >= 0.3 is 0 Å². The average molecular weight is 297 g/mol. The first-order valence-electron chi connectivity index (χ1n) is 6.80. The number of halogens is 1. The number of nitrogens with zero attached hydrogens (tertiary/aromatic N) is 1. The number of hydrogen-bond acceptors (Lipinski definition) is 3. The molecule has 0 spiro atoms. The first-order valence-corrected chi connectivity index (χ1v) is 7.21. The molecule has 0 bridgehead atoms. The van der Waals surface area contributed by atoms with E-state index in [4.69, 9.17) is 18.0 Å². The lowest BCUT2D eigenvalue weighted by atomic mass is 10.0. The van der Waals surface area contributed by atoms with Gasteiger partial charge in [0.2, 0.25) is 0 Å². The number of hydrogen-bond donors (Lipinski definition) is 2.